The third kappa shape index (κ3) is 9.04. The van der Waals surface area contributed by atoms with Gasteiger partial charge in [-0.3, -0.25) is 14.9 Å². The number of unbranched alkanes of at least 4 members (excludes halogenated alkanes) is 2. The molecule has 19 heavy (non-hydrogen) atoms. The minimum Gasteiger partial charge on any atom is -0.481 e. The summed E-state index contributed by atoms with van der Waals surface area (Å²) in [6, 6.07) is -0.362. The molecule has 0 aromatic rings. The Balaban J connectivity index is 3.89. The van der Waals surface area contributed by atoms with Crippen LogP contribution in [0.2, 0.25) is 0 Å². The van der Waals surface area contributed by atoms with Crippen molar-refractivity contribution in [3.8, 4) is 0 Å². The molecule has 6 heteroatoms. The first-order chi connectivity index (χ1) is 9.01. The number of carbonyl (C=O) groups is 3. The molecule has 0 atom stereocenters. The van der Waals surface area contributed by atoms with Crippen LogP contribution in [0.1, 0.15) is 52.4 Å². The molecule has 0 saturated heterocycles. The largest absolute Gasteiger partial charge is 0.481 e. The second-order valence-electron chi connectivity index (χ2n) is 4.39. The Morgan fingerprint density at radius 1 is 1.05 bits per heavy atom. The normalized spacial score (nSPS) is 10.0. The number of hydrogen-bond acceptors (Lipinski definition) is 3. The molecular weight excluding hydrogens is 248 g/mol. The van der Waals surface area contributed by atoms with Crippen molar-refractivity contribution in [3.05, 3.63) is 0 Å². The molecule has 0 aromatic carbocycles. The number of amides is 3. The summed E-state index contributed by atoms with van der Waals surface area (Å²) >= 11 is 0. The summed E-state index contributed by atoms with van der Waals surface area (Å²) in [7, 11) is 0. The van der Waals surface area contributed by atoms with Crippen LogP contribution in [0.3, 0.4) is 0 Å². The number of hydrogen-bond donors (Lipinski definition) is 2. The summed E-state index contributed by atoms with van der Waals surface area (Å²) in [5.41, 5.74) is 0. The molecule has 0 aliphatic heterocycles. The predicted octanol–water partition coefficient (Wildman–Crippen LogP) is 1.99. The third-order valence-electron chi connectivity index (χ3n) is 2.74. The van der Waals surface area contributed by atoms with Crippen LogP contribution < -0.4 is 5.32 Å². The second-order valence-corrected chi connectivity index (χ2v) is 4.39. The van der Waals surface area contributed by atoms with Gasteiger partial charge in [0.2, 0.25) is 5.91 Å². The van der Waals surface area contributed by atoms with Crippen LogP contribution in [0, 0.1) is 0 Å². The number of carbonyl (C=O) groups excluding carboxylic acids is 2. The monoisotopic (exact) mass is 272 g/mol. The molecule has 0 saturated carbocycles. The van der Waals surface area contributed by atoms with Gasteiger partial charge in [-0.2, -0.15) is 0 Å². The number of urea groups is 1. The van der Waals surface area contributed by atoms with E-state index in [1.807, 2.05) is 13.8 Å². The maximum absolute atomic E-state index is 11.7. The maximum Gasteiger partial charge on any atom is 0.324 e. The van der Waals surface area contributed by atoms with Crippen LogP contribution in [0.4, 0.5) is 4.79 Å². The van der Waals surface area contributed by atoms with Crippen LogP contribution in [-0.4, -0.2) is 41.0 Å². The summed E-state index contributed by atoms with van der Waals surface area (Å²) < 4.78 is 0. The minimum absolute atomic E-state index is 0.0544. The highest BCUT2D eigenvalue weighted by Gasteiger charge is 2.13. The first-order valence-electron chi connectivity index (χ1n) is 6.81. The van der Waals surface area contributed by atoms with Crippen molar-refractivity contribution in [2.24, 2.45) is 0 Å². The van der Waals surface area contributed by atoms with Gasteiger partial charge in [0.05, 0.1) is 0 Å². The standard InChI is InChI=1S/C13H24N2O4/c1-3-5-10-15(4-2)13(19)14-11(16)8-6-7-9-12(17)18/h3-10H2,1-2H3,(H,17,18)(H,14,16,19). The number of nitrogens with one attached hydrogen (secondary N) is 1. The van der Waals surface area contributed by atoms with E-state index in [-0.39, 0.29) is 24.8 Å². The van der Waals surface area contributed by atoms with Gasteiger partial charge in [-0.25, -0.2) is 4.79 Å². The molecule has 0 fully saturated rings. The minimum atomic E-state index is -0.867. The lowest BCUT2D eigenvalue weighted by atomic mass is 10.2. The van der Waals surface area contributed by atoms with E-state index in [0.717, 1.165) is 12.8 Å². The van der Waals surface area contributed by atoms with Crippen molar-refractivity contribution in [2.45, 2.75) is 52.4 Å². The Kier molecular flexibility index (Phi) is 9.48. The average Bonchev–Trinajstić information content (AvgIpc) is 2.35. The van der Waals surface area contributed by atoms with Gasteiger partial charge in [-0.1, -0.05) is 13.3 Å². The summed E-state index contributed by atoms with van der Waals surface area (Å²) in [6.45, 7) is 5.12. The Bertz CT molecular complexity index is 305. The fourth-order valence-electron chi connectivity index (χ4n) is 1.57. The molecule has 6 nitrogen and oxygen atoms in total. The second kappa shape index (κ2) is 10.3. The van der Waals surface area contributed by atoms with Crippen molar-refractivity contribution in [3.63, 3.8) is 0 Å². The number of carboxylic acids is 1. The number of nitrogens with zero attached hydrogens (tertiary/aromatic N) is 1. The fraction of sp³-hybridized carbons (Fsp3) is 0.769. The van der Waals surface area contributed by atoms with Crippen molar-refractivity contribution in [1.82, 2.24) is 10.2 Å². The summed E-state index contributed by atoms with van der Waals surface area (Å²) in [5.74, 6) is -1.21. The van der Waals surface area contributed by atoms with Gasteiger partial charge in [-0.15, -0.1) is 0 Å². The molecule has 0 unspecified atom stereocenters. The molecular formula is C13H24N2O4. The molecule has 0 spiro atoms. The van der Waals surface area contributed by atoms with Crippen LogP contribution in [-0.2, 0) is 9.59 Å². The molecule has 3 amide bonds. The van der Waals surface area contributed by atoms with E-state index in [0.29, 0.717) is 25.9 Å². The Morgan fingerprint density at radius 3 is 2.21 bits per heavy atom. The average molecular weight is 272 g/mol. The van der Waals surface area contributed by atoms with E-state index >= 15 is 0 Å². The lowest BCUT2D eigenvalue weighted by Crippen LogP contribution is -2.43. The SMILES string of the molecule is CCCCN(CC)C(=O)NC(=O)CCCCC(=O)O. The number of rotatable bonds is 9. The smallest absolute Gasteiger partial charge is 0.324 e. The molecule has 0 heterocycles. The highest BCUT2D eigenvalue weighted by molar-refractivity contribution is 5.94. The van der Waals surface area contributed by atoms with Crippen molar-refractivity contribution in [2.75, 3.05) is 13.1 Å². The van der Waals surface area contributed by atoms with Crippen molar-refractivity contribution < 1.29 is 19.5 Å². The van der Waals surface area contributed by atoms with Gasteiger partial charge in [0, 0.05) is 25.9 Å². The highest BCUT2D eigenvalue weighted by atomic mass is 16.4. The number of aliphatic carboxylic acids is 1. The van der Waals surface area contributed by atoms with Crippen LogP contribution in [0.5, 0.6) is 0 Å². The van der Waals surface area contributed by atoms with E-state index in [4.69, 9.17) is 5.11 Å². The predicted molar refractivity (Wildman–Crippen MR) is 71.8 cm³/mol. The fourth-order valence-corrected chi connectivity index (χ4v) is 1.57. The van der Waals surface area contributed by atoms with Gasteiger partial charge in [0.25, 0.3) is 0 Å². The van der Waals surface area contributed by atoms with Crippen molar-refractivity contribution >= 4 is 17.9 Å². The highest BCUT2D eigenvalue weighted by Crippen LogP contribution is 2.01. The van der Waals surface area contributed by atoms with Crippen molar-refractivity contribution in [1.29, 1.82) is 0 Å². The van der Waals surface area contributed by atoms with Gasteiger partial charge >= 0.3 is 12.0 Å². The molecule has 0 radical (unpaired) electrons. The lowest BCUT2D eigenvalue weighted by molar-refractivity contribution is -0.137. The molecule has 0 bridgehead atoms. The first kappa shape index (κ1) is 17.4. The van der Waals surface area contributed by atoms with Gasteiger partial charge in [0.1, 0.15) is 0 Å². The number of imide groups is 1. The number of carboxylic acid groups (broad SMARTS) is 1. The molecule has 0 aliphatic rings. The Morgan fingerprint density at radius 2 is 1.68 bits per heavy atom. The summed E-state index contributed by atoms with van der Waals surface area (Å²) in [6.07, 6.45) is 3.07. The zero-order chi connectivity index (χ0) is 14.7. The van der Waals surface area contributed by atoms with Crippen LogP contribution >= 0.6 is 0 Å². The van der Waals surface area contributed by atoms with Gasteiger partial charge in [-0.05, 0) is 26.2 Å². The van der Waals surface area contributed by atoms with Crippen LogP contribution in [0.25, 0.3) is 0 Å². The zero-order valence-electron chi connectivity index (χ0n) is 11.8. The molecule has 0 rings (SSSR count). The first-order valence-corrected chi connectivity index (χ1v) is 6.81. The molecule has 0 aliphatic carbocycles. The van der Waals surface area contributed by atoms with E-state index in [1.54, 1.807) is 4.90 Å². The van der Waals surface area contributed by atoms with E-state index in [2.05, 4.69) is 5.32 Å². The van der Waals surface area contributed by atoms with E-state index < -0.39 is 5.97 Å². The Labute approximate surface area is 114 Å². The third-order valence-corrected chi connectivity index (χ3v) is 2.74. The van der Waals surface area contributed by atoms with Gasteiger partial charge < -0.3 is 10.0 Å². The van der Waals surface area contributed by atoms with Crippen LogP contribution in [0.15, 0.2) is 0 Å². The Hall–Kier alpha value is -1.59. The lowest BCUT2D eigenvalue weighted by Gasteiger charge is -2.20. The van der Waals surface area contributed by atoms with E-state index in [1.165, 1.54) is 0 Å². The quantitative estimate of drug-likeness (QED) is 0.628. The molecule has 2 N–H and O–H groups in total. The summed E-state index contributed by atoms with van der Waals surface area (Å²) in [4.78, 5) is 35.1. The molecule has 0 aromatic heterocycles. The molecule has 110 valence electrons. The topological polar surface area (TPSA) is 86.7 Å². The van der Waals surface area contributed by atoms with E-state index in [9.17, 15) is 14.4 Å². The maximum atomic E-state index is 11.7. The summed E-state index contributed by atoms with van der Waals surface area (Å²) in [5, 5.41) is 10.8. The van der Waals surface area contributed by atoms with Gasteiger partial charge in [0.15, 0.2) is 0 Å². The zero-order valence-corrected chi connectivity index (χ0v) is 11.8.